The van der Waals surface area contributed by atoms with Crippen LogP contribution < -0.4 is 0 Å². The van der Waals surface area contributed by atoms with Crippen molar-refractivity contribution in [3.05, 3.63) is 0 Å². The molecule has 0 aromatic rings. The molecule has 0 saturated heterocycles. The molecule has 1 unspecified atom stereocenters. The zero-order chi connectivity index (χ0) is 13.3. The van der Waals surface area contributed by atoms with E-state index in [1.807, 2.05) is 13.8 Å². The number of rotatable bonds is 8. The Labute approximate surface area is 103 Å². The summed E-state index contributed by atoms with van der Waals surface area (Å²) in [5.41, 5.74) is 0. The lowest BCUT2D eigenvalue weighted by Gasteiger charge is -2.26. The number of ether oxygens (including phenoxy) is 2. The van der Waals surface area contributed by atoms with E-state index in [9.17, 15) is 9.59 Å². The van der Waals surface area contributed by atoms with Gasteiger partial charge in [-0.2, -0.15) is 0 Å². The topological polar surface area (TPSA) is 55.8 Å². The monoisotopic (exact) mass is 245 g/mol. The minimum absolute atomic E-state index is 0.0729. The van der Waals surface area contributed by atoms with E-state index in [2.05, 4.69) is 9.64 Å². The van der Waals surface area contributed by atoms with Gasteiger partial charge in [-0.15, -0.1) is 0 Å². The van der Waals surface area contributed by atoms with Crippen molar-refractivity contribution in [2.75, 3.05) is 26.8 Å². The largest absolute Gasteiger partial charge is 0.469 e. The van der Waals surface area contributed by atoms with Gasteiger partial charge in [-0.1, -0.05) is 6.92 Å². The van der Waals surface area contributed by atoms with Gasteiger partial charge in [-0.25, -0.2) is 0 Å². The van der Waals surface area contributed by atoms with Gasteiger partial charge in [0.1, 0.15) is 0 Å². The van der Waals surface area contributed by atoms with Crippen LogP contribution in [0, 0.1) is 0 Å². The first kappa shape index (κ1) is 15.9. The Hall–Kier alpha value is -1.10. The molecule has 0 aliphatic carbocycles. The predicted molar refractivity (Wildman–Crippen MR) is 64.6 cm³/mol. The summed E-state index contributed by atoms with van der Waals surface area (Å²) in [5.74, 6) is -0.427. The fourth-order valence-corrected chi connectivity index (χ4v) is 1.62. The molecule has 0 aromatic carbocycles. The fraction of sp³-hybridized carbons (Fsp3) is 0.833. The Bertz CT molecular complexity index is 243. The molecule has 0 heterocycles. The van der Waals surface area contributed by atoms with Gasteiger partial charge in [0, 0.05) is 12.6 Å². The number of hydrogen-bond donors (Lipinski definition) is 0. The summed E-state index contributed by atoms with van der Waals surface area (Å²) < 4.78 is 9.48. The van der Waals surface area contributed by atoms with Gasteiger partial charge < -0.3 is 9.47 Å². The van der Waals surface area contributed by atoms with Crippen molar-refractivity contribution in [1.82, 2.24) is 4.90 Å². The van der Waals surface area contributed by atoms with E-state index >= 15 is 0 Å². The number of carbonyl (C=O) groups excluding carboxylic acids is 2. The quantitative estimate of drug-likeness (QED) is 0.602. The Balaban J connectivity index is 4.07. The standard InChI is InChI=1S/C12H23NO4/c1-5-13(8-7-11(14)16-4)10(3)9-12(15)17-6-2/h10H,5-9H2,1-4H3. The number of carbonyl (C=O) groups is 2. The number of methoxy groups -OCH3 is 1. The fourth-order valence-electron chi connectivity index (χ4n) is 1.62. The van der Waals surface area contributed by atoms with E-state index < -0.39 is 0 Å². The average Bonchev–Trinajstić information content (AvgIpc) is 2.29. The molecule has 0 N–H and O–H groups in total. The van der Waals surface area contributed by atoms with Crippen LogP contribution in [0.4, 0.5) is 0 Å². The van der Waals surface area contributed by atoms with E-state index in [-0.39, 0.29) is 18.0 Å². The Morgan fingerprint density at radius 1 is 1.24 bits per heavy atom. The highest BCUT2D eigenvalue weighted by molar-refractivity contribution is 5.70. The smallest absolute Gasteiger partial charge is 0.307 e. The van der Waals surface area contributed by atoms with E-state index in [0.717, 1.165) is 6.54 Å². The molecule has 0 aromatic heterocycles. The second-order valence-electron chi connectivity index (χ2n) is 3.81. The van der Waals surface area contributed by atoms with E-state index in [1.54, 1.807) is 6.92 Å². The molecule has 0 aliphatic rings. The molecule has 0 rings (SSSR count). The van der Waals surface area contributed by atoms with Gasteiger partial charge in [0.2, 0.25) is 0 Å². The predicted octanol–water partition coefficient (Wildman–Crippen LogP) is 1.21. The third kappa shape index (κ3) is 6.94. The van der Waals surface area contributed by atoms with Crippen molar-refractivity contribution < 1.29 is 19.1 Å². The van der Waals surface area contributed by atoms with Crippen molar-refractivity contribution in [3.63, 3.8) is 0 Å². The van der Waals surface area contributed by atoms with Crippen LogP contribution in [0.3, 0.4) is 0 Å². The lowest BCUT2D eigenvalue weighted by Crippen LogP contribution is -2.36. The molecule has 0 aliphatic heterocycles. The molecule has 100 valence electrons. The number of esters is 2. The zero-order valence-electron chi connectivity index (χ0n) is 11.2. The first-order valence-corrected chi connectivity index (χ1v) is 6.01. The molecular weight excluding hydrogens is 222 g/mol. The number of nitrogens with zero attached hydrogens (tertiary/aromatic N) is 1. The summed E-state index contributed by atoms with van der Waals surface area (Å²) in [6.07, 6.45) is 0.695. The Kier molecular flexibility index (Phi) is 8.40. The van der Waals surface area contributed by atoms with Gasteiger partial charge in [-0.3, -0.25) is 14.5 Å². The second kappa shape index (κ2) is 8.98. The Morgan fingerprint density at radius 2 is 1.88 bits per heavy atom. The normalized spacial score (nSPS) is 12.3. The molecule has 0 amide bonds. The summed E-state index contributed by atoms with van der Waals surface area (Å²) in [4.78, 5) is 24.4. The van der Waals surface area contributed by atoms with Crippen LogP contribution in [0.5, 0.6) is 0 Å². The third-order valence-electron chi connectivity index (χ3n) is 2.63. The van der Waals surface area contributed by atoms with Crippen LogP contribution >= 0.6 is 0 Å². The molecule has 0 radical (unpaired) electrons. The average molecular weight is 245 g/mol. The SMILES string of the molecule is CCOC(=O)CC(C)N(CC)CCC(=O)OC. The third-order valence-corrected chi connectivity index (χ3v) is 2.63. The van der Waals surface area contributed by atoms with Crippen LogP contribution in [0.25, 0.3) is 0 Å². The lowest BCUT2D eigenvalue weighted by atomic mass is 10.2. The van der Waals surface area contributed by atoms with Crippen LogP contribution in [-0.2, 0) is 19.1 Å². The summed E-state index contributed by atoms with van der Waals surface area (Å²) in [7, 11) is 1.38. The highest BCUT2D eigenvalue weighted by Crippen LogP contribution is 2.06. The summed E-state index contributed by atoms with van der Waals surface area (Å²) >= 11 is 0. The van der Waals surface area contributed by atoms with Crippen molar-refractivity contribution in [3.8, 4) is 0 Å². The molecule has 0 saturated carbocycles. The second-order valence-corrected chi connectivity index (χ2v) is 3.81. The molecule has 5 heteroatoms. The van der Waals surface area contributed by atoms with Gasteiger partial charge in [0.05, 0.1) is 26.6 Å². The maximum absolute atomic E-state index is 11.3. The van der Waals surface area contributed by atoms with E-state index in [0.29, 0.717) is 26.0 Å². The van der Waals surface area contributed by atoms with Crippen LogP contribution in [0.15, 0.2) is 0 Å². The lowest BCUT2D eigenvalue weighted by molar-refractivity contribution is -0.144. The molecular formula is C12H23NO4. The number of hydrogen-bond acceptors (Lipinski definition) is 5. The minimum atomic E-state index is -0.230. The van der Waals surface area contributed by atoms with Gasteiger partial charge >= 0.3 is 11.9 Å². The van der Waals surface area contributed by atoms with Crippen LogP contribution in [0.2, 0.25) is 0 Å². The Morgan fingerprint density at radius 3 is 2.35 bits per heavy atom. The molecule has 17 heavy (non-hydrogen) atoms. The molecule has 1 atom stereocenters. The van der Waals surface area contributed by atoms with Gasteiger partial charge in [0.15, 0.2) is 0 Å². The van der Waals surface area contributed by atoms with Crippen molar-refractivity contribution in [2.24, 2.45) is 0 Å². The van der Waals surface area contributed by atoms with E-state index in [1.165, 1.54) is 7.11 Å². The molecule has 0 bridgehead atoms. The summed E-state index contributed by atoms with van der Waals surface area (Å²) in [6, 6.07) is 0.0729. The zero-order valence-corrected chi connectivity index (χ0v) is 11.2. The van der Waals surface area contributed by atoms with E-state index in [4.69, 9.17) is 4.74 Å². The van der Waals surface area contributed by atoms with Crippen molar-refractivity contribution in [2.45, 2.75) is 39.7 Å². The van der Waals surface area contributed by atoms with Crippen LogP contribution in [0.1, 0.15) is 33.6 Å². The summed E-state index contributed by atoms with van der Waals surface area (Å²) in [5, 5.41) is 0. The van der Waals surface area contributed by atoms with Crippen LogP contribution in [-0.4, -0.2) is 49.7 Å². The highest BCUT2D eigenvalue weighted by Gasteiger charge is 2.17. The molecule has 5 nitrogen and oxygen atoms in total. The minimum Gasteiger partial charge on any atom is -0.469 e. The highest BCUT2D eigenvalue weighted by atomic mass is 16.5. The van der Waals surface area contributed by atoms with Gasteiger partial charge in [-0.05, 0) is 20.4 Å². The molecule has 0 fully saturated rings. The maximum atomic E-state index is 11.3. The molecule has 0 spiro atoms. The van der Waals surface area contributed by atoms with Crippen molar-refractivity contribution >= 4 is 11.9 Å². The van der Waals surface area contributed by atoms with Crippen molar-refractivity contribution in [1.29, 1.82) is 0 Å². The summed E-state index contributed by atoms with van der Waals surface area (Å²) in [6.45, 7) is 7.54. The first-order valence-electron chi connectivity index (χ1n) is 6.01. The first-order chi connectivity index (χ1) is 8.04. The van der Waals surface area contributed by atoms with Gasteiger partial charge in [0.25, 0.3) is 0 Å². The maximum Gasteiger partial charge on any atom is 0.307 e.